The van der Waals surface area contributed by atoms with Gasteiger partial charge in [0.1, 0.15) is 4.90 Å². The standard InChI is InChI=1S/C11H5BrCl3FN2O2S/c12-5-3-7(11(15)17-4-5)18-21(19,20)8-2-1-6(13)10(16)9(8)14/h1-4,18H. The maximum Gasteiger partial charge on any atom is 0.263 e. The van der Waals surface area contributed by atoms with Crippen molar-refractivity contribution in [3.05, 3.63) is 49.9 Å². The SMILES string of the molecule is O=S(=O)(Nc1cc(Br)cnc1Cl)c1ccc(Cl)c(F)c1Cl. The Morgan fingerprint density at radius 2 is 1.90 bits per heavy atom. The Bertz CT molecular complexity index is 817. The minimum absolute atomic E-state index is 0.0254. The number of rotatable bonds is 3. The first-order valence-electron chi connectivity index (χ1n) is 5.20. The first kappa shape index (κ1) is 16.8. The molecular formula is C11H5BrCl3FN2O2S. The fourth-order valence-corrected chi connectivity index (χ4v) is 3.75. The third-order valence-electron chi connectivity index (χ3n) is 2.34. The highest BCUT2D eigenvalue weighted by Gasteiger charge is 2.23. The Hall–Kier alpha value is -0.600. The van der Waals surface area contributed by atoms with Gasteiger partial charge in [-0.05, 0) is 34.1 Å². The lowest BCUT2D eigenvalue weighted by Crippen LogP contribution is -2.14. The van der Waals surface area contributed by atoms with Crippen LogP contribution in [-0.4, -0.2) is 13.4 Å². The Labute approximate surface area is 143 Å². The van der Waals surface area contributed by atoms with Crippen LogP contribution in [0.2, 0.25) is 15.2 Å². The van der Waals surface area contributed by atoms with Gasteiger partial charge in [-0.15, -0.1) is 0 Å². The number of anilines is 1. The van der Waals surface area contributed by atoms with E-state index in [4.69, 9.17) is 34.8 Å². The van der Waals surface area contributed by atoms with Crippen LogP contribution >= 0.6 is 50.7 Å². The van der Waals surface area contributed by atoms with E-state index in [0.717, 1.165) is 12.1 Å². The van der Waals surface area contributed by atoms with Crippen molar-refractivity contribution in [2.45, 2.75) is 4.90 Å². The van der Waals surface area contributed by atoms with Gasteiger partial charge in [-0.25, -0.2) is 17.8 Å². The van der Waals surface area contributed by atoms with E-state index in [2.05, 4.69) is 25.6 Å². The van der Waals surface area contributed by atoms with E-state index in [1.807, 2.05) is 0 Å². The summed E-state index contributed by atoms with van der Waals surface area (Å²) < 4.78 is 40.8. The Kier molecular flexibility index (Phi) is 4.99. The van der Waals surface area contributed by atoms with E-state index >= 15 is 0 Å². The van der Waals surface area contributed by atoms with Crippen LogP contribution in [0.5, 0.6) is 0 Å². The molecule has 0 unspecified atom stereocenters. The van der Waals surface area contributed by atoms with Gasteiger partial charge in [-0.2, -0.15) is 0 Å². The smallest absolute Gasteiger partial charge is 0.263 e. The fraction of sp³-hybridized carbons (Fsp3) is 0. The highest BCUT2D eigenvalue weighted by molar-refractivity contribution is 9.10. The van der Waals surface area contributed by atoms with Gasteiger partial charge in [0.2, 0.25) is 0 Å². The zero-order chi connectivity index (χ0) is 15.8. The van der Waals surface area contributed by atoms with E-state index in [0.29, 0.717) is 4.47 Å². The molecule has 112 valence electrons. The van der Waals surface area contributed by atoms with Gasteiger partial charge in [0.15, 0.2) is 11.0 Å². The molecule has 2 aromatic rings. The number of pyridine rings is 1. The summed E-state index contributed by atoms with van der Waals surface area (Å²) in [7, 11) is -4.15. The van der Waals surface area contributed by atoms with Crippen LogP contribution in [0.4, 0.5) is 10.1 Å². The lowest BCUT2D eigenvalue weighted by molar-refractivity contribution is 0.595. The molecule has 0 aliphatic carbocycles. The number of hydrogen-bond donors (Lipinski definition) is 1. The minimum atomic E-state index is -4.15. The molecule has 1 aromatic carbocycles. The first-order chi connectivity index (χ1) is 9.72. The second-order valence-electron chi connectivity index (χ2n) is 3.77. The summed E-state index contributed by atoms with van der Waals surface area (Å²) in [5.41, 5.74) is 0.0254. The number of benzene rings is 1. The van der Waals surface area contributed by atoms with Crippen molar-refractivity contribution in [1.82, 2.24) is 4.98 Å². The van der Waals surface area contributed by atoms with Crippen molar-refractivity contribution >= 4 is 66.4 Å². The average Bonchev–Trinajstić information content (AvgIpc) is 2.39. The largest absolute Gasteiger partial charge is 0.276 e. The molecule has 1 N–H and O–H groups in total. The van der Waals surface area contributed by atoms with Gasteiger partial charge in [0.05, 0.1) is 15.7 Å². The normalized spacial score (nSPS) is 11.5. The summed E-state index contributed by atoms with van der Waals surface area (Å²) in [4.78, 5) is 3.32. The Morgan fingerprint density at radius 3 is 2.57 bits per heavy atom. The van der Waals surface area contributed by atoms with Crippen LogP contribution in [0.1, 0.15) is 0 Å². The molecule has 4 nitrogen and oxygen atoms in total. The summed E-state index contributed by atoms with van der Waals surface area (Å²) in [6.07, 6.45) is 1.40. The van der Waals surface area contributed by atoms with Crippen LogP contribution in [-0.2, 0) is 10.0 Å². The molecule has 0 atom stereocenters. The van der Waals surface area contributed by atoms with Crippen molar-refractivity contribution in [3.63, 3.8) is 0 Å². The number of hydrogen-bond acceptors (Lipinski definition) is 3. The van der Waals surface area contributed by atoms with E-state index in [1.165, 1.54) is 12.3 Å². The summed E-state index contributed by atoms with van der Waals surface area (Å²) >= 11 is 20.1. The molecular weight excluding hydrogens is 429 g/mol. The highest BCUT2D eigenvalue weighted by atomic mass is 79.9. The molecule has 0 aliphatic rings. The van der Waals surface area contributed by atoms with Crippen molar-refractivity contribution in [3.8, 4) is 0 Å². The topological polar surface area (TPSA) is 59.1 Å². The van der Waals surface area contributed by atoms with Crippen molar-refractivity contribution < 1.29 is 12.8 Å². The number of aromatic nitrogens is 1. The molecule has 1 heterocycles. The molecule has 0 radical (unpaired) electrons. The third kappa shape index (κ3) is 3.60. The predicted molar refractivity (Wildman–Crippen MR) is 84.2 cm³/mol. The second kappa shape index (κ2) is 6.26. The van der Waals surface area contributed by atoms with Gasteiger partial charge < -0.3 is 0 Å². The molecule has 21 heavy (non-hydrogen) atoms. The summed E-state index contributed by atoms with van der Waals surface area (Å²) in [5, 5.41) is -0.942. The number of nitrogens with one attached hydrogen (secondary N) is 1. The van der Waals surface area contributed by atoms with E-state index < -0.39 is 25.8 Å². The van der Waals surface area contributed by atoms with E-state index in [-0.39, 0.29) is 15.9 Å². The van der Waals surface area contributed by atoms with Crippen molar-refractivity contribution in [1.29, 1.82) is 0 Å². The second-order valence-corrected chi connectivity index (χ2v) is 7.48. The lowest BCUT2D eigenvalue weighted by Gasteiger charge is -2.11. The van der Waals surface area contributed by atoms with E-state index in [9.17, 15) is 12.8 Å². The Balaban J connectivity index is 2.49. The van der Waals surface area contributed by atoms with Crippen LogP contribution in [0, 0.1) is 5.82 Å². The molecule has 0 fully saturated rings. The van der Waals surface area contributed by atoms with Gasteiger partial charge in [-0.1, -0.05) is 34.8 Å². The first-order valence-corrected chi connectivity index (χ1v) is 8.61. The molecule has 1 aromatic heterocycles. The molecule has 0 aliphatic heterocycles. The monoisotopic (exact) mass is 432 g/mol. The van der Waals surface area contributed by atoms with Crippen molar-refractivity contribution in [2.24, 2.45) is 0 Å². The van der Waals surface area contributed by atoms with Crippen LogP contribution < -0.4 is 4.72 Å². The third-order valence-corrected chi connectivity index (χ3v) is 5.26. The zero-order valence-corrected chi connectivity index (χ0v) is 14.5. The summed E-state index contributed by atoms with van der Waals surface area (Å²) in [6, 6.07) is 3.60. The average molecular weight is 435 g/mol. The maximum atomic E-state index is 13.6. The van der Waals surface area contributed by atoms with Crippen LogP contribution in [0.3, 0.4) is 0 Å². The quantitative estimate of drug-likeness (QED) is 0.561. The number of sulfonamides is 1. The molecule has 0 amide bonds. The van der Waals surface area contributed by atoms with Crippen LogP contribution in [0.25, 0.3) is 0 Å². The van der Waals surface area contributed by atoms with Gasteiger partial charge in [-0.3, -0.25) is 4.72 Å². The Morgan fingerprint density at radius 1 is 1.24 bits per heavy atom. The fourth-order valence-electron chi connectivity index (χ4n) is 1.41. The minimum Gasteiger partial charge on any atom is -0.276 e. The molecule has 0 spiro atoms. The van der Waals surface area contributed by atoms with Crippen LogP contribution in [0.15, 0.2) is 33.8 Å². The molecule has 2 rings (SSSR count). The molecule has 0 saturated heterocycles. The zero-order valence-electron chi connectivity index (χ0n) is 9.87. The highest BCUT2D eigenvalue weighted by Crippen LogP contribution is 2.32. The van der Waals surface area contributed by atoms with Gasteiger partial charge in [0.25, 0.3) is 10.0 Å². The predicted octanol–water partition coefficient (Wildman–Crippen LogP) is 4.74. The van der Waals surface area contributed by atoms with Gasteiger partial charge >= 0.3 is 0 Å². The molecule has 0 saturated carbocycles. The summed E-state index contributed by atoms with van der Waals surface area (Å²) in [6.45, 7) is 0. The lowest BCUT2D eigenvalue weighted by atomic mass is 10.3. The number of halogens is 5. The maximum absolute atomic E-state index is 13.6. The van der Waals surface area contributed by atoms with Crippen molar-refractivity contribution in [2.75, 3.05) is 4.72 Å². The summed E-state index contributed by atoms with van der Waals surface area (Å²) in [5.74, 6) is -1.01. The molecule has 0 bridgehead atoms. The van der Waals surface area contributed by atoms with E-state index in [1.54, 1.807) is 0 Å². The molecule has 10 heteroatoms. The van der Waals surface area contributed by atoms with Gasteiger partial charge in [0, 0.05) is 10.7 Å². The number of nitrogens with zero attached hydrogens (tertiary/aromatic N) is 1.